The number of carbonyl (C=O) groups is 1. The van der Waals surface area contributed by atoms with Crippen LogP contribution in [0.5, 0.6) is 0 Å². The van der Waals surface area contributed by atoms with Crippen molar-refractivity contribution in [1.82, 2.24) is 0 Å². The van der Waals surface area contributed by atoms with Crippen molar-refractivity contribution in [2.75, 3.05) is 0 Å². The van der Waals surface area contributed by atoms with Crippen LogP contribution in [-0.4, -0.2) is 11.1 Å². The molecule has 2 aromatic rings. The molecule has 1 atom stereocenters. The number of aliphatic carboxylic acids is 1. The van der Waals surface area contributed by atoms with Gasteiger partial charge in [0.05, 0.1) is 0 Å². The van der Waals surface area contributed by atoms with E-state index in [1.807, 2.05) is 6.07 Å². The van der Waals surface area contributed by atoms with Crippen molar-refractivity contribution < 1.29 is 56.4 Å². The molecule has 1 radical (unpaired) electrons. The topological polar surface area (TPSA) is 63.3 Å². The maximum absolute atomic E-state index is 12.7. The van der Waals surface area contributed by atoms with Gasteiger partial charge in [-0.25, -0.2) is 8.78 Å². The summed E-state index contributed by atoms with van der Waals surface area (Å²) >= 11 is 0. The molecular formula is C17H15F2HoNO2-2. The second kappa shape index (κ2) is 9.23. The molecule has 6 heteroatoms. The van der Waals surface area contributed by atoms with Crippen LogP contribution in [0.15, 0.2) is 48.5 Å². The number of hydrogen-bond acceptors (Lipinski definition) is 2. The van der Waals surface area contributed by atoms with Gasteiger partial charge in [-0.3, -0.25) is 10.8 Å². The molecule has 127 valence electrons. The van der Waals surface area contributed by atoms with Gasteiger partial charge in [-0.2, -0.15) is 30.0 Å². The molecule has 0 aliphatic heterocycles. The number of nitrogens with two attached hydrogens (primary N) is 1. The predicted molar refractivity (Wildman–Crippen MR) is 78.6 cm³/mol. The molecule has 1 aliphatic rings. The van der Waals surface area contributed by atoms with Crippen LogP contribution in [0.2, 0.25) is 0 Å². The molecular weight excluding hydrogens is 453 g/mol. The Morgan fingerprint density at radius 2 is 1.78 bits per heavy atom. The summed E-state index contributed by atoms with van der Waals surface area (Å²) in [5.74, 6) is -2.36. The van der Waals surface area contributed by atoms with Gasteiger partial charge in [-0.05, 0) is 12.1 Å². The number of rotatable bonds is 3. The predicted octanol–water partition coefficient (Wildman–Crippen LogP) is 3.27. The van der Waals surface area contributed by atoms with Crippen LogP contribution in [0.25, 0.3) is 0 Å². The van der Waals surface area contributed by atoms with Gasteiger partial charge in [0.15, 0.2) is 11.6 Å². The summed E-state index contributed by atoms with van der Waals surface area (Å²) in [5.41, 5.74) is 6.97. The monoisotopic (exact) mass is 468 g/mol. The Labute approximate surface area is 163 Å². The third-order valence-electron chi connectivity index (χ3n) is 3.16. The minimum absolute atomic E-state index is 0. The molecule has 0 saturated heterocycles. The van der Waals surface area contributed by atoms with Crippen molar-refractivity contribution in [3.8, 4) is 0 Å². The van der Waals surface area contributed by atoms with Crippen LogP contribution in [0.1, 0.15) is 23.5 Å². The van der Waals surface area contributed by atoms with Gasteiger partial charge in [-0.1, -0.05) is 24.1 Å². The van der Waals surface area contributed by atoms with Crippen LogP contribution >= 0.6 is 0 Å². The molecule has 1 fully saturated rings. The minimum atomic E-state index is -0.911. The van der Waals surface area contributed by atoms with Gasteiger partial charge in [0, 0.05) is 37.7 Å². The Hall–Kier alpha value is -1.14. The molecule has 0 amide bonds. The maximum Gasteiger partial charge on any atom is 0.272 e. The summed E-state index contributed by atoms with van der Waals surface area (Å²) in [6.45, 7) is 0. The fraction of sp³-hybridized carbons (Fsp3) is 0.118. The quantitative estimate of drug-likeness (QED) is 0.537. The van der Waals surface area contributed by atoms with Gasteiger partial charge in [-0.15, -0.1) is 12.1 Å². The second-order valence-corrected chi connectivity index (χ2v) is 4.90. The van der Waals surface area contributed by atoms with E-state index in [2.05, 4.69) is 0 Å². The number of carboxylic acids is 1. The minimum Gasteiger partial charge on any atom is -0.487 e. The summed E-state index contributed by atoms with van der Waals surface area (Å²) in [7, 11) is 0. The molecule has 0 spiro atoms. The molecule has 3 N–H and O–H groups in total. The normalized spacial score (nSPS) is 15.7. The van der Waals surface area contributed by atoms with Crippen LogP contribution in [-0.2, 0) is 4.79 Å². The van der Waals surface area contributed by atoms with Crippen molar-refractivity contribution in [1.29, 1.82) is 0 Å². The van der Waals surface area contributed by atoms with Crippen molar-refractivity contribution in [2.24, 2.45) is 5.73 Å². The van der Waals surface area contributed by atoms with Gasteiger partial charge in [0.2, 0.25) is 0 Å². The maximum atomic E-state index is 12.7. The fourth-order valence-electron chi connectivity index (χ4n) is 1.93. The summed E-state index contributed by atoms with van der Waals surface area (Å²) in [6, 6.07) is 13.7. The van der Waals surface area contributed by atoms with E-state index in [0.29, 0.717) is 0 Å². The van der Waals surface area contributed by atoms with E-state index in [1.54, 1.807) is 30.3 Å². The van der Waals surface area contributed by atoms with E-state index in [1.165, 1.54) is 12.5 Å². The number of hydrogen-bond donors (Lipinski definition) is 2. The SMILES string of the molecule is N[C-]1C[C@@H]1c1ccc(F)c(F)c1.O=C(O)[CH-]c1ccccc1.[Ho]. The summed E-state index contributed by atoms with van der Waals surface area (Å²) in [4.78, 5) is 10.1. The summed E-state index contributed by atoms with van der Waals surface area (Å²) in [5, 5.41) is 8.31. The van der Waals surface area contributed by atoms with Gasteiger partial charge < -0.3 is 10.8 Å². The molecule has 1 aliphatic carbocycles. The fourth-order valence-corrected chi connectivity index (χ4v) is 1.93. The smallest absolute Gasteiger partial charge is 0.272 e. The number of carboxylic acid groups (broad SMARTS) is 1. The molecule has 2 aromatic carbocycles. The Bertz CT molecular complexity index is 652. The molecule has 0 unspecified atom stereocenters. The zero-order valence-corrected chi connectivity index (χ0v) is 13.9. The third kappa shape index (κ3) is 6.47. The molecule has 3 nitrogen and oxygen atoms in total. The first-order chi connectivity index (χ1) is 10.5. The number of benzene rings is 2. The zero-order valence-electron chi connectivity index (χ0n) is 12.0. The largest absolute Gasteiger partial charge is 0.487 e. The Morgan fingerprint density at radius 1 is 1.17 bits per heavy atom. The molecule has 1 saturated carbocycles. The van der Waals surface area contributed by atoms with E-state index >= 15 is 0 Å². The van der Waals surface area contributed by atoms with Gasteiger partial charge >= 0.3 is 0 Å². The van der Waals surface area contributed by atoms with Gasteiger partial charge in [0.1, 0.15) is 0 Å². The number of halogens is 2. The Kier molecular flexibility index (Phi) is 7.99. The first-order valence-corrected chi connectivity index (χ1v) is 6.66. The standard InChI is InChI=1S/C9H8F2N.C8H7O2.Ho/c10-7-2-1-5(3-8(7)11)6-4-9(6)12;9-8(10)6-7-4-2-1-3-5-7;/h1-3,6H,4,12H2;1-6H,(H,9,10);/q2*-1;/t6-;;/m1../s1. The molecule has 0 aromatic heterocycles. The van der Waals surface area contributed by atoms with Crippen LogP contribution in [0.4, 0.5) is 8.78 Å². The van der Waals surface area contributed by atoms with Crippen molar-refractivity contribution in [2.45, 2.75) is 12.3 Å². The zero-order chi connectivity index (χ0) is 16.1. The van der Waals surface area contributed by atoms with Crippen LogP contribution in [0.3, 0.4) is 0 Å². The van der Waals surface area contributed by atoms with Crippen molar-refractivity contribution in [3.63, 3.8) is 0 Å². The van der Waals surface area contributed by atoms with Gasteiger partial charge in [0.25, 0.3) is 5.97 Å². The molecule has 0 heterocycles. The molecule has 3 rings (SSSR count). The Morgan fingerprint density at radius 3 is 2.26 bits per heavy atom. The van der Waals surface area contributed by atoms with E-state index in [0.717, 1.165) is 29.7 Å². The van der Waals surface area contributed by atoms with Crippen molar-refractivity contribution >= 4 is 5.97 Å². The van der Waals surface area contributed by atoms with Crippen molar-refractivity contribution in [3.05, 3.63) is 83.8 Å². The average Bonchev–Trinajstić information content (AvgIpc) is 3.20. The molecule has 0 bridgehead atoms. The van der Waals surface area contributed by atoms with E-state index in [-0.39, 0.29) is 43.7 Å². The first kappa shape index (κ1) is 19.9. The first-order valence-electron chi connectivity index (χ1n) is 6.66. The van der Waals surface area contributed by atoms with E-state index in [9.17, 15) is 13.6 Å². The average molecular weight is 468 g/mol. The van der Waals surface area contributed by atoms with E-state index in [4.69, 9.17) is 10.8 Å². The summed E-state index contributed by atoms with van der Waals surface area (Å²) in [6.07, 6.45) is 1.96. The Balaban J connectivity index is 0.000000224. The summed E-state index contributed by atoms with van der Waals surface area (Å²) < 4.78 is 25.1. The van der Waals surface area contributed by atoms with Crippen LogP contribution < -0.4 is 5.73 Å². The van der Waals surface area contributed by atoms with Crippen LogP contribution in [0, 0.1) is 61.8 Å². The molecule has 23 heavy (non-hydrogen) atoms. The third-order valence-corrected chi connectivity index (χ3v) is 3.16. The van der Waals surface area contributed by atoms with E-state index < -0.39 is 17.6 Å². The second-order valence-electron chi connectivity index (χ2n) is 4.90.